The van der Waals surface area contributed by atoms with E-state index >= 15 is 0 Å². The molecule has 0 aliphatic rings. The minimum absolute atomic E-state index is 0.0662. The van der Waals surface area contributed by atoms with Crippen LogP contribution in [0, 0.1) is 0 Å². The van der Waals surface area contributed by atoms with Crippen molar-refractivity contribution < 1.29 is 19.0 Å². The summed E-state index contributed by atoms with van der Waals surface area (Å²) < 4.78 is 16.2. The van der Waals surface area contributed by atoms with Crippen molar-refractivity contribution in [2.75, 3.05) is 26.6 Å². The second-order valence-electron chi connectivity index (χ2n) is 6.31. The molecule has 0 unspecified atom stereocenters. The molecule has 152 valence electrons. The Bertz CT molecular complexity index is 836. The maximum atomic E-state index is 12.7. The summed E-state index contributed by atoms with van der Waals surface area (Å²) >= 11 is 6.32. The van der Waals surface area contributed by atoms with Gasteiger partial charge in [0.2, 0.25) is 11.7 Å². The third-order valence-electron chi connectivity index (χ3n) is 4.75. The van der Waals surface area contributed by atoms with Gasteiger partial charge in [-0.1, -0.05) is 37.6 Å². The van der Waals surface area contributed by atoms with Crippen molar-refractivity contribution in [1.82, 2.24) is 0 Å². The minimum atomic E-state index is -0.0662. The number of methoxy groups -OCH3 is 3. The van der Waals surface area contributed by atoms with Gasteiger partial charge in [0.15, 0.2) is 11.5 Å². The van der Waals surface area contributed by atoms with Gasteiger partial charge >= 0.3 is 0 Å². The van der Waals surface area contributed by atoms with Crippen LogP contribution < -0.4 is 19.5 Å². The fourth-order valence-corrected chi connectivity index (χ4v) is 3.57. The molecule has 0 bridgehead atoms. The van der Waals surface area contributed by atoms with E-state index in [9.17, 15) is 4.79 Å². The summed E-state index contributed by atoms with van der Waals surface area (Å²) in [6.07, 6.45) is 2.40. The van der Waals surface area contributed by atoms with Gasteiger partial charge in [0, 0.05) is 17.1 Å². The first-order valence-corrected chi connectivity index (χ1v) is 9.76. The van der Waals surface area contributed by atoms with Crippen molar-refractivity contribution in [2.24, 2.45) is 0 Å². The fraction of sp³-hybridized carbons (Fsp3) is 0.409. The lowest BCUT2D eigenvalue weighted by molar-refractivity contribution is -0.116. The average molecular weight is 406 g/mol. The highest BCUT2D eigenvalue weighted by Crippen LogP contribution is 2.40. The number of hydrogen-bond donors (Lipinski definition) is 1. The van der Waals surface area contributed by atoms with Gasteiger partial charge < -0.3 is 19.5 Å². The largest absolute Gasteiger partial charge is 0.493 e. The number of benzene rings is 2. The molecule has 2 rings (SSSR count). The zero-order chi connectivity index (χ0) is 20.7. The van der Waals surface area contributed by atoms with E-state index in [-0.39, 0.29) is 5.91 Å². The predicted octanol–water partition coefficient (Wildman–Crippen LogP) is 5.06. The second-order valence-corrected chi connectivity index (χ2v) is 6.72. The lowest BCUT2D eigenvalue weighted by Gasteiger charge is -2.17. The van der Waals surface area contributed by atoms with Crippen LogP contribution in [0.5, 0.6) is 17.2 Å². The molecule has 0 aromatic heterocycles. The molecule has 0 saturated heterocycles. The highest BCUT2D eigenvalue weighted by molar-refractivity contribution is 6.32. The first-order chi connectivity index (χ1) is 13.5. The maximum absolute atomic E-state index is 12.7. The van der Waals surface area contributed by atoms with Crippen molar-refractivity contribution in [3.05, 3.63) is 46.0 Å². The Kier molecular flexibility index (Phi) is 8.00. The molecule has 0 spiro atoms. The molecule has 0 saturated carbocycles. The summed E-state index contributed by atoms with van der Waals surface area (Å²) in [6.45, 7) is 4.09. The second kappa shape index (κ2) is 10.2. The number of carbonyl (C=O) groups excluding carboxylic acids is 1. The number of rotatable bonds is 9. The van der Waals surface area contributed by atoms with Crippen molar-refractivity contribution in [1.29, 1.82) is 0 Å². The summed E-state index contributed by atoms with van der Waals surface area (Å²) in [7, 11) is 4.72. The lowest BCUT2D eigenvalue weighted by atomic mass is 10.0. The Labute approximate surface area is 171 Å². The summed E-state index contributed by atoms with van der Waals surface area (Å²) in [5.74, 6) is 1.63. The van der Waals surface area contributed by atoms with E-state index in [1.807, 2.05) is 31.2 Å². The van der Waals surface area contributed by atoms with Crippen LogP contribution in [0.1, 0.15) is 37.0 Å². The van der Waals surface area contributed by atoms with E-state index in [2.05, 4.69) is 12.2 Å². The molecule has 1 amide bonds. The van der Waals surface area contributed by atoms with Gasteiger partial charge in [0.1, 0.15) is 0 Å². The number of amides is 1. The molecule has 28 heavy (non-hydrogen) atoms. The molecule has 5 nitrogen and oxygen atoms in total. The Morgan fingerprint density at radius 3 is 2.18 bits per heavy atom. The van der Waals surface area contributed by atoms with Crippen LogP contribution in [-0.4, -0.2) is 27.2 Å². The van der Waals surface area contributed by atoms with Gasteiger partial charge in [-0.3, -0.25) is 4.79 Å². The van der Waals surface area contributed by atoms with E-state index in [1.54, 1.807) is 21.3 Å². The highest BCUT2D eigenvalue weighted by atomic mass is 35.5. The molecular formula is C22H28ClNO4. The Hall–Kier alpha value is -2.40. The van der Waals surface area contributed by atoms with Crippen LogP contribution in [0.4, 0.5) is 5.69 Å². The maximum Gasteiger partial charge on any atom is 0.224 e. The van der Waals surface area contributed by atoms with E-state index < -0.39 is 0 Å². The monoisotopic (exact) mass is 405 g/mol. The Balaban J connectivity index is 2.19. The SMILES string of the molecule is CCc1ccc(Cl)c(CC)c1NC(=O)CCc1ccc(OC)c(OC)c1OC. The number of hydrogen-bond acceptors (Lipinski definition) is 4. The third kappa shape index (κ3) is 4.71. The van der Waals surface area contributed by atoms with E-state index in [0.717, 1.165) is 35.2 Å². The summed E-state index contributed by atoms with van der Waals surface area (Å²) in [4.78, 5) is 12.7. The lowest BCUT2D eigenvalue weighted by Crippen LogP contribution is -2.15. The molecule has 2 aromatic rings. The average Bonchev–Trinajstić information content (AvgIpc) is 2.71. The van der Waals surface area contributed by atoms with Gasteiger partial charge in [-0.25, -0.2) is 0 Å². The number of ether oxygens (including phenoxy) is 3. The number of nitrogens with one attached hydrogen (secondary N) is 1. The summed E-state index contributed by atoms with van der Waals surface area (Å²) in [5, 5.41) is 3.74. The number of anilines is 1. The van der Waals surface area contributed by atoms with E-state index in [0.29, 0.717) is 35.1 Å². The van der Waals surface area contributed by atoms with Crippen molar-refractivity contribution in [2.45, 2.75) is 39.5 Å². The molecule has 2 aromatic carbocycles. The van der Waals surface area contributed by atoms with Crippen molar-refractivity contribution in [3.8, 4) is 17.2 Å². The fourth-order valence-electron chi connectivity index (χ4n) is 3.28. The van der Waals surface area contributed by atoms with Crippen LogP contribution in [0.3, 0.4) is 0 Å². The zero-order valence-electron chi connectivity index (χ0n) is 17.1. The smallest absolute Gasteiger partial charge is 0.224 e. The summed E-state index contributed by atoms with van der Waals surface area (Å²) in [6, 6.07) is 7.57. The predicted molar refractivity (Wildman–Crippen MR) is 113 cm³/mol. The first-order valence-electron chi connectivity index (χ1n) is 9.38. The van der Waals surface area contributed by atoms with Gasteiger partial charge in [0.25, 0.3) is 0 Å². The molecule has 0 fully saturated rings. The van der Waals surface area contributed by atoms with Crippen LogP contribution >= 0.6 is 11.6 Å². The van der Waals surface area contributed by atoms with Gasteiger partial charge in [-0.2, -0.15) is 0 Å². The van der Waals surface area contributed by atoms with Gasteiger partial charge in [0.05, 0.1) is 21.3 Å². The van der Waals surface area contributed by atoms with Crippen molar-refractivity contribution in [3.63, 3.8) is 0 Å². The topological polar surface area (TPSA) is 56.8 Å². The highest BCUT2D eigenvalue weighted by Gasteiger charge is 2.18. The van der Waals surface area contributed by atoms with Crippen LogP contribution in [0.25, 0.3) is 0 Å². The van der Waals surface area contributed by atoms with Gasteiger partial charge in [-0.15, -0.1) is 0 Å². The Morgan fingerprint density at radius 2 is 1.61 bits per heavy atom. The van der Waals surface area contributed by atoms with Crippen molar-refractivity contribution >= 4 is 23.2 Å². The standard InChI is InChI=1S/C22H28ClNO4/c1-6-14-8-11-17(23)16(7-2)20(14)24-19(25)13-10-15-9-12-18(26-3)22(28-5)21(15)27-4/h8-9,11-12H,6-7,10,13H2,1-5H3,(H,24,25). The molecule has 6 heteroatoms. The minimum Gasteiger partial charge on any atom is -0.493 e. The zero-order valence-corrected chi connectivity index (χ0v) is 17.9. The number of aryl methyl sites for hydroxylation is 2. The van der Waals surface area contributed by atoms with E-state index in [1.165, 1.54) is 0 Å². The molecule has 0 heterocycles. The number of halogens is 1. The molecule has 0 aliphatic carbocycles. The summed E-state index contributed by atoms with van der Waals surface area (Å²) in [5.41, 5.74) is 3.77. The Morgan fingerprint density at radius 1 is 0.929 bits per heavy atom. The number of carbonyl (C=O) groups is 1. The molecule has 0 atom stereocenters. The van der Waals surface area contributed by atoms with Crippen LogP contribution in [0.15, 0.2) is 24.3 Å². The molecule has 0 aliphatic heterocycles. The first kappa shape index (κ1) is 21.9. The quantitative estimate of drug-likeness (QED) is 0.633. The van der Waals surface area contributed by atoms with E-state index in [4.69, 9.17) is 25.8 Å². The molecule has 0 radical (unpaired) electrons. The van der Waals surface area contributed by atoms with Gasteiger partial charge in [-0.05, 0) is 48.1 Å². The van der Waals surface area contributed by atoms with Crippen LogP contribution in [0.2, 0.25) is 5.02 Å². The third-order valence-corrected chi connectivity index (χ3v) is 5.10. The molecular weight excluding hydrogens is 378 g/mol. The molecule has 1 N–H and O–H groups in total. The normalized spacial score (nSPS) is 10.5. The van der Waals surface area contributed by atoms with Crippen LogP contribution in [-0.2, 0) is 24.1 Å².